The Morgan fingerprint density at radius 2 is 2.10 bits per heavy atom. The van der Waals surface area contributed by atoms with Gasteiger partial charge in [0.1, 0.15) is 5.82 Å². The highest BCUT2D eigenvalue weighted by Crippen LogP contribution is 2.14. The standard InChI is InChI=1S/C14H24N4O3/c1-4-5-11-16-13(18-17-11)14(21)15-8-10(6-9(2)3)7-12(19)20/h9-10H,4-8H2,1-3H3,(H,15,21)(H,19,20)(H,16,17,18). The summed E-state index contributed by atoms with van der Waals surface area (Å²) < 4.78 is 0. The number of hydrogen-bond donors (Lipinski definition) is 3. The number of amides is 1. The van der Waals surface area contributed by atoms with Crippen LogP contribution in [0.4, 0.5) is 0 Å². The summed E-state index contributed by atoms with van der Waals surface area (Å²) in [5, 5.41) is 18.2. The Bertz CT molecular complexity index is 471. The van der Waals surface area contributed by atoms with Crippen molar-refractivity contribution < 1.29 is 14.7 Å². The van der Waals surface area contributed by atoms with Gasteiger partial charge in [-0.15, -0.1) is 5.10 Å². The molecular weight excluding hydrogens is 272 g/mol. The van der Waals surface area contributed by atoms with Crippen molar-refractivity contribution in [3.05, 3.63) is 11.6 Å². The second-order valence-corrected chi connectivity index (χ2v) is 5.66. The summed E-state index contributed by atoms with van der Waals surface area (Å²) in [6.07, 6.45) is 2.47. The minimum Gasteiger partial charge on any atom is -0.481 e. The molecule has 7 nitrogen and oxygen atoms in total. The number of nitrogens with one attached hydrogen (secondary N) is 2. The third-order valence-corrected chi connectivity index (χ3v) is 3.04. The number of carbonyl (C=O) groups is 2. The van der Waals surface area contributed by atoms with E-state index in [1.165, 1.54) is 0 Å². The average Bonchev–Trinajstić information content (AvgIpc) is 2.83. The van der Waals surface area contributed by atoms with E-state index in [1.807, 2.05) is 20.8 Å². The lowest BCUT2D eigenvalue weighted by Crippen LogP contribution is -2.31. The Morgan fingerprint density at radius 3 is 2.67 bits per heavy atom. The maximum Gasteiger partial charge on any atom is 0.303 e. The molecule has 0 radical (unpaired) electrons. The molecule has 1 atom stereocenters. The summed E-state index contributed by atoms with van der Waals surface area (Å²) in [6, 6.07) is 0. The zero-order valence-corrected chi connectivity index (χ0v) is 12.8. The summed E-state index contributed by atoms with van der Waals surface area (Å²) in [7, 11) is 0. The van der Waals surface area contributed by atoms with Gasteiger partial charge >= 0.3 is 5.97 Å². The third kappa shape index (κ3) is 6.37. The number of aliphatic carboxylic acids is 1. The number of rotatable bonds is 9. The van der Waals surface area contributed by atoms with Crippen molar-refractivity contribution in [1.29, 1.82) is 0 Å². The number of carboxylic acids is 1. The largest absolute Gasteiger partial charge is 0.481 e. The second kappa shape index (κ2) is 8.39. The minimum atomic E-state index is -0.849. The lowest BCUT2D eigenvalue weighted by atomic mass is 9.94. The number of H-pyrrole nitrogens is 1. The molecule has 0 aliphatic carbocycles. The molecule has 1 unspecified atom stereocenters. The Balaban J connectivity index is 2.52. The van der Waals surface area contributed by atoms with Gasteiger partial charge in [0, 0.05) is 19.4 Å². The van der Waals surface area contributed by atoms with Crippen molar-refractivity contribution >= 4 is 11.9 Å². The molecule has 3 N–H and O–H groups in total. The highest BCUT2D eigenvalue weighted by molar-refractivity contribution is 5.90. The monoisotopic (exact) mass is 296 g/mol. The first-order valence-corrected chi connectivity index (χ1v) is 7.33. The summed E-state index contributed by atoms with van der Waals surface area (Å²) in [5.41, 5.74) is 0. The molecule has 0 aliphatic heterocycles. The highest BCUT2D eigenvalue weighted by Gasteiger charge is 2.18. The molecule has 0 aliphatic rings. The average molecular weight is 296 g/mol. The Labute approximate surface area is 124 Å². The molecule has 0 fully saturated rings. The molecule has 0 bridgehead atoms. The fourth-order valence-corrected chi connectivity index (χ4v) is 2.21. The van der Waals surface area contributed by atoms with E-state index in [-0.39, 0.29) is 24.1 Å². The van der Waals surface area contributed by atoms with Gasteiger partial charge in [-0.25, -0.2) is 4.98 Å². The van der Waals surface area contributed by atoms with E-state index in [4.69, 9.17) is 5.11 Å². The molecule has 0 spiro atoms. The molecule has 21 heavy (non-hydrogen) atoms. The maximum atomic E-state index is 11.9. The highest BCUT2D eigenvalue weighted by atomic mass is 16.4. The Hall–Kier alpha value is -1.92. The van der Waals surface area contributed by atoms with Crippen molar-refractivity contribution in [3.8, 4) is 0 Å². The van der Waals surface area contributed by atoms with E-state index in [2.05, 4.69) is 20.5 Å². The number of nitrogens with zero attached hydrogens (tertiary/aromatic N) is 2. The van der Waals surface area contributed by atoms with Crippen LogP contribution in [-0.4, -0.2) is 38.7 Å². The lowest BCUT2D eigenvalue weighted by Gasteiger charge is -2.17. The first kappa shape index (κ1) is 17.1. The van der Waals surface area contributed by atoms with Crippen LogP contribution in [-0.2, 0) is 11.2 Å². The molecule has 1 aromatic heterocycles. The number of carbonyl (C=O) groups excluding carboxylic acids is 1. The number of aromatic nitrogens is 3. The summed E-state index contributed by atoms with van der Waals surface area (Å²) in [6.45, 7) is 6.40. The lowest BCUT2D eigenvalue weighted by molar-refractivity contribution is -0.138. The molecule has 118 valence electrons. The molecule has 0 aromatic carbocycles. The predicted molar refractivity (Wildman–Crippen MR) is 77.9 cm³/mol. The van der Waals surface area contributed by atoms with E-state index in [0.717, 1.165) is 19.3 Å². The molecule has 0 saturated carbocycles. The van der Waals surface area contributed by atoms with Crippen LogP contribution in [0.25, 0.3) is 0 Å². The van der Waals surface area contributed by atoms with Crippen LogP contribution < -0.4 is 5.32 Å². The number of hydrogen-bond acceptors (Lipinski definition) is 4. The van der Waals surface area contributed by atoms with Gasteiger partial charge in [0.15, 0.2) is 0 Å². The van der Waals surface area contributed by atoms with Crippen molar-refractivity contribution in [1.82, 2.24) is 20.5 Å². The van der Waals surface area contributed by atoms with Crippen molar-refractivity contribution in [2.24, 2.45) is 11.8 Å². The van der Waals surface area contributed by atoms with Crippen LogP contribution >= 0.6 is 0 Å². The van der Waals surface area contributed by atoms with Gasteiger partial charge in [-0.05, 0) is 24.7 Å². The van der Waals surface area contributed by atoms with Crippen molar-refractivity contribution in [3.63, 3.8) is 0 Å². The molecule has 1 heterocycles. The summed E-state index contributed by atoms with van der Waals surface area (Å²) in [5.74, 6) is -0.124. The predicted octanol–water partition coefficient (Wildman–Crippen LogP) is 1.62. The zero-order chi connectivity index (χ0) is 15.8. The Kier molecular flexibility index (Phi) is 6.84. The third-order valence-electron chi connectivity index (χ3n) is 3.04. The smallest absolute Gasteiger partial charge is 0.303 e. The number of aromatic amines is 1. The molecule has 1 amide bonds. The molecule has 1 rings (SSSR count). The van der Waals surface area contributed by atoms with Crippen molar-refractivity contribution in [2.75, 3.05) is 6.54 Å². The second-order valence-electron chi connectivity index (χ2n) is 5.66. The SMILES string of the molecule is CCCc1nc(C(=O)NCC(CC(=O)O)CC(C)C)n[nH]1. The van der Waals surface area contributed by atoms with Gasteiger partial charge in [0.25, 0.3) is 5.91 Å². The van der Waals surface area contributed by atoms with E-state index < -0.39 is 5.97 Å². The van der Waals surface area contributed by atoms with Crippen LogP contribution in [0.5, 0.6) is 0 Å². The first-order chi connectivity index (χ1) is 9.92. The van der Waals surface area contributed by atoms with Crippen molar-refractivity contribution in [2.45, 2.75) is 46.5 Å². The van der Waals surface area contributed by atoms with E-state index in [9.17, 15) is 9.59 Å². The van der Waals surface area contributed by atoms with Crippen LogP contribution in [0, 0.1) is 11.8 Å². The summed E-state index contributed by atoms with van der Waals surface area (Å²) in [4.78, 5) is 26.9. The normalized spacial score (nSPS) is 12.4. The van der Waals surface area contributed by atoms with Crippen LogP contribution in [0.2, 0.25) is 0 Å². The molecule has 1 aromatic rings. The molecular formula is C14H24N4O3. The van der Waals surface area contributed by atoms with E-state index >= 15 is 0 Å². The number of aryl methyl sites for hydroxylation is 1. The molecule has 7 heteroatoms. The van der Waals surface area contributed by atoms with Crippen LogP contribution in [0.3, 0.4) is 0 Å². The molecule has 0 saturated heterocycles. The fraction of sp³-hybridized carbons (Fsp3) is 0.714. The van der Waals surface area contributed by atoms with Gasteiger partial charge in [-0.1, -0.05) is 20.8 Å². The Morgan fingerprint density at radius 1 is 1.38 bits per heavy atom. The topological polar surface area (TPSA) is 108 Å². The summed E-state index contributed by atoms with van der Waals surface area (Å²) >= 11 is 0. The van der Waals surface area contributed by atoms with Gasteiger partial charge in [0.2, 0.25) is 5.82 Å². The van der Waals surface area contributed by atoms with Crippen LogP contribution in [0.15, 0.2) is 0 Å². The van der Waals surface area contributed by atoms with Gasteiger partial charge < -0.3 is 10.4 Å². The van der Waals surface area contributed by atoms with Crippen LogP contribution in [0.1, 0.15) is 56.5 Å². The van der Waals surface area contributed by atoms with E-state index in [0.29, 0.717) is 18.3 Å². The minimum absolute atomic E-state index is 0.0491. The van der Waals surface area contributed by atoms with Gasteiger partial charge in [0.05, 0.1) is 0 Å². The number of carboxylic acid groups (broad SMARTS) is 1. The zero-order valence-electron chi connectivity index (χ0n) is 12.8. The maximum absolute atomic E-state index is 11.9. The first-order valence-electron chi connectivity index (χ1n) is 7.33. The van der Waals surface area contributed by atoms with Gasteiger partial charge in [-0.3, -0.25) is 14.7 Å². The fourth-order valence-electron chi connectivity index (χ4n) is 2.21. The quantitative estimate of drug-likeness (QED) is 0.642. The van der Waals surface area contributed by atoms with E-state index in [1.54, 1.807) is 0 Å². The van der Waals surface area contributed by atoms with Gasteiger partial charge in [-0.2, -0.15) is 0 Å².